The minimum absolute atomic E-state index is 0.216. The number of rotatable bonds is 1. The first-order chi connectivity index (χ1) is 7.75. The molecule has 84 valence electrons. The summed E-state index contributed by atoms with van der Waals surface area (Å²) in [7, 11) is 0. The lowest BCUT2D eigenvalue weighted by Gasteiger charge is -2.09. The Labute approximate surface area is 94.7 Å². The SMILES string of the molecule is Cc1cccc2nc(C3CCCC3N)oc12. The summed E-state index contributed by atoms with van der Waals surface area (Å²) in [5, 5.41) is 0. The number of aryl methyl sites for hydroxylation is 1. The molecule has 1 heterocycles. The van der Waals surface area contributed by atoms with Crippen LogP contribution in [0.5, 0.6) is 0 Å². The van der Waals surface area contributed by atoms with Crippen LogP contribution in [-0.4, -0.2) is 11.0 Å². The molecule has 1 aromatic heterocycles. The molecule has 1 saturated carbocycles. The Balaban J connectivity index is 2.08. The van der Waals surface area contributed by atoms with E-state index in [1.165, 1.54) is 6.42 Å². The molecule has 2 unspecified atom stereocenters. The van der Waals surface area contributed by atoms with Crippen LogP contribution in [0.1, 0.15) is 36.6 Å². The van der Waals surface area contributed by atoms with E-state index in [4.69, 9.17) is 10.2 Å². The van der Waals surface area contributed by atoms with E-state index in [1.54, 1.807) is 0 Å². The van der Waals surface area contributed by atoms with Crippen LogP contribution in [0, 0.1) is 6.92 Å². The summed E-state index contributed by atoms with van der Waals surface area (Å²) < 4.78 is 5.86. The van der Waals surface area contributed by atoms with Gasteiger partial charge in [-0.25, -0.2) is 4.98 Å². The quantitative estimate of drug-likeness (QED) is 0.797. The molecule has 16 heavy (non-hydrogen) atoms. The lowest BCUT2D eigenvalue weighted by Crippen LogP contribution is -2.22. The van der Waals surface area contributed by atoms with Crippen LogP contribution in [0.25, 0.3) is 11.1 Å². The van der Waals surface area contributed by atoms with Crippen LogP contribution >= 0.6 is 0 Å². The maximum absolute atomic E-state index is 6.07. The Bertz CT molecular complexity index is 518. The molecule has 1 aliphatic carbocycles. The van der Waals surface area contributed by atoms with E-state index in [2.05, 4.69) is 4.98 Å². The van der Waals surface area contributed by atoms with Crippen molar-refractivity contribution in [3.63, 3.8) is 0 Å². The van der Waals surface area contributed by atoms with E-state index in [9.17, 15) is 0 Å². The second kappa shape index (κ2) is 3.59. The average Bonchev–Trinajstić information content (AvgIpc) is 2.84. The van der Waals surface area contributed by atoms with Crippen molar-refractivity contribution in [2.45, 2.75) is 38.1 Å². The second-order valence-electron chi connectivity index (χ2n) is 4.68. The number of aromatic nitrogens is 1. The van der Waals surface area contributed by atoms with Crippen molar-refractivity contribution >= 4 is 11.1 Å². The van der Waals surface area contributed by atoms with Crippen LogP contribution < -0.4 is 5.73 Å². The van der Waals surface area contributed by atoms with Gasteiger partial charge >= 0.3 is 0 Å². The fourth-order valence-electron chi connectivity index (χ4n) is 2.56. The summed E-state index contributed by atoms with van der Waals surface area (Å²) >= 11 is 0. The molecule has 2 atom stereocenters. The molecular formula is C13H16N2O. The molecule has 0 radical (unpaired) electrons. The minimum atomic E-state index is 0.216. The fraction of sp³-hybridized carbons (Fsp3) is 0.462. The van der Waals surface area contributed by atoms with Crippen molar-refractivity contribution in [3.8, 4) is 0 Å². The molecular weight excluding hydrogens is 200 g/mol. The number of oxazole rings is 1. The van der Waals surface area contributed by atoms with Crippen molar-refractivity contribution in [2.24, 2.45) is 5.73 Å². The average molecular weight is 216 g/mol. The predicted molar refractivity (Wildman–Crippen MR) is 63.3 cm³/mol. The van der Waals surface area contributed by atoms with Crippen LogP contribution in [-0.2, 0) is 0 Å². The normalized spacial score (nSPS) is 25.4. The standard InChI is InChI=1S/C13H16N2O/c1-8-4-2-7-11-12(8)16-13(15-11)9-5-3-6-10(9)14/h2,4,7,9-10H,3,5-6,14H2,1H3. The number of hydrogen-bond acceptors (Lipinski definition) is 3. The third-order valence-corrected chi connectivity index (χ3v) is 3.51. The van der Waals surface area contributed by atoms with Gasteiger partial charge in [0.1, 0.15) is 5.52 Å². The molecule has 0 aliphatic heterocycles. The predicted octanol–water partition coefficient (Wildman–Crippen LogP) is 2.73. The minimum Gasteiger partial charge on any atom is -0.440 e. The lowest BCUT2D eigenvalue weighted by atomic mass is 10.1. The fourth-order valence-corrected chi connectivity index (χ4v) is 2.56. The zero-order valence-electron chi connectivity index (χ0n) is 9.44. The maximum atomic E-state index is 6.07. The van der Waals surface area contributed by atoms with Gasteiger partial charge in [-0.1, -0.05) is 18.6 Å². The molecule has 0 saturated heterocycles. The van der Waals surface area contributed by atoms with Crippen molar-refractivity contribution < 1.29 is 4.42 Å². The number of hydrogen-bond donors (Lipinski definition) is 1. The Kier molecular flexibility index (Phi) is 2.21. The number of benzene rings is 1. The Morgan fingerprint density at radius 2 is 2.25 bits per heavy atom. The lowest BCUT2D eigenvalue weighted by molar-refractivity contribution is 0.448. The van der Waals surface area contributed by atoms with Crippen molar-refractivity contribution in [3.05, 3.63) is 29.7 Å². The van der Waals surface area contributed by atoms with Crippen molar-refractivity contribution in [1.82, 2.24) is 4.98 Å². The van der Waals surface area contributed by atoms with Crippen LogP contribution in [0.2, 0.25) is 0 Å². The zero-order valence-corrected chi connectivity index (χ0v) is 9.44. The summed E-state index contributed by atoms with van der Waals surface area (Å²) in [6.07, 6.45) is 3.37. The summed E-state index contributed by atoms with van der Waals surface area (Å²) in [5.41, 5.74) is 9.08. The highest BCUT2D eigenvalue weighted by atomic mass is 16.3. The second-order valence-corrected chi connectivity index (χ2v) is 4.68. The van der Waals surface area contributed by atoms with E-state index in [0.717, 1.165) is 35.4 Å². The summed E-state index contributed by atoms with van der Waals surface area (Å²) in [6, 6.07) is 6.27. The van der Waals surface area contributed by atoms with Gasteiger partial charge in [0.15, 0.2) is 11.5 Å². The molecule has 0 bridgehead atoms. The first-order valence-electron chi connectivity index (χ1n) is 5.87. The van der Waals surface area contributed by atoms with Crippen LogP contribution in [0.4, 0.5) is 0 Å². The third-order valence-electron chi connectivity index (χ3n) is 3.51. The van der Waals surface area contributed by atoms with Gasteiger partial charge in [0.25, 0.3) is 0 Å². The van der Waals surface area contributed by atoms with Gasteiger partial charge in [-0.05, 0) is 31.4 Å². The van der Waals surface area contributed by atoms with Gasteiger partial charge in [0, 0.05) is 6.04 Å². The first-order valence-corrected chi connectivity index (χ1v) is 5.87. The maximum Gasteiger partial charge on any atom is 0.200 e. The van der Waals surface area contributed by atoms with Crippen LogP contribution in [0.15, 0.2) is 22.6 Å². The summed E-state index contributed by atoms with van der Waals surface area (Å²) in [5.74, 6) is 1.14. The van der Waals surface area contributed by atoms with Gasteiger partial charge < -0.3 is 10.2 Å². The molecule has 0 amide bonds. The monoisotopic (exact) mass is 216 g/mol. The molecule has 3 heteroatoms. The van der Waals surface area contributed by atoms with Gasteiger partial charge in [-0.2, -0.15) is 0 Å². The van der Waals surface area contributed by atoms with E-state index in [1.807, 2.05) is 25.1 Å². The smallest absolute Gasteiger partial charge is 0.200 e. The van der Waals surface area contributed by atoms with E-state index < -0.39 is 0 Å². The molecule has 1 aliphatic rings. The molecule has 3 rings (SSSR count). The highest BCUT2D eigenvalue weighted by Gasteiger charge is 2.29. The topological polar surface area (TPSA) is 52.0 Å². The molecule has 0 spiro atoms. The summed E-state index contributed by atoms with van der Waals surface area (Å²) in [4.78, 5) is 4.56. The Morgan fingerprint density at radius 1 is 1.38 bits per heavy atom. The molecule has 1 fully saturated rings. The molecule has 3 nitrogen and oxygen atoms in total. The van der Waals surface area contributed by atoms with E-state index in [-0.39, 0.29) is 6.04 Å². The number of nitrogens with zero attached hydrogens (tertiary/aromatic N) is 1. The van der Waals surface area contributed by atoms with Gasteiger partial charge in [-0.15, -0.1) is 0 Å². The summed E-state index contributed by atoms with van der Waals surface area (Å²) in [6.45, 7) is 2.05. The highest BCUT2D eigenvalue weighted by Crippen LogP contribution is 2.34. The van der Waals surface area contributed by atoms with Gasteiger partial charge in [0.2, 0.25) is 0 Å². The zero-order chi connectivity index (χ0) is 11.1. The molecule has 1 aromatic carbocycles. The van der Waals surface area contributed by atoms with Crippen LogP contribution in [0.3, 0.4) is 0 Å². The Hall–Kier alpha value is -1.35. The van der Waals surface area contributed by atoms with Gasteiger partial charge in [-0.3, -0.25) is 0 Å². The number of fused-ring (bicyclic) bond motifs is 1. The third kappa shape index (κ3) is 1.43. The number of para-hydroxylation sites is 1. The van der Waals surface area contributed by atoms with Crippen molar-refractivity contribution in [1.29, 1.82) is 0 Å². The Morgan fingerprint density at radius 3 is 2.94 bits per heavy atom. The van der Waals surface area contributed by atoms with Gasteiger partial charge in [0.05, 0.1) is 5.92 Å². The molecule has 2 aromatic rings. The number of nitrogens with two attached hydrogens (primary N) is 1. The largest absolute Gasteiger partial charge is 0.440 e. The molecule has 2 N–H and O–H groups in total. The van der Waals surface area contributed by atoms with E-state index in [0.29, 0.717) is 5.92 Å². The van der Waals surface area contributed by atoms with Crippen molar-refractivity contribution in [2.75, 3.05) is 0 Å². The van der Waals surface area contributed by atoms with E-state index >= 15 is 0 Å². The first kappa shape index (κ1) is 9.85. The highest BCUT2D eigenvalue weighted by molar-refractivity contribution is 5.76.